The van der Waals surface area contributed by atoms with Crippen LogP contribution in [0.3, 0.4) is 0 Å². The van der Waals surface area contributed by atoms with Gasteiger partial charge in [-0.2, -0.15) is 0 Å². The molecule has 1 aliphatic heterocycles. The molecular formula is C13H28N2O. The molecule has 1 aliphatic rings. The third-order valence-electron chi connectivity index (χ3n) is 3.29. The van der Waals surface area contributed by atoms with Crippen molar-refractivity contribution < 1.29 is 4.74 Å². The summed E-state index contributed by atoms with van der Waals surface area (Å²) in [7, 11) is 0. The van der Waals surface area contributed by atoms with Crippen molar-refractivity contribution in [2.45, 2.75) is 51.6 Å². The molecule has 1 heterocycles. The minimum absolute atomic E-state index is 0.289. The van der Waals surface area contributed by atoms with Crippen LogP contribution in [0.1, 0.15) is 45.4 Å². The molecule has 1 atom stereocenters. The summed E-state index contributed by atoms with van der Waals surface area (Å²) in [4.78, 5) is 2.56. The Bertz CT molecular complexity index is 158. The number of nitrogens with zero attached hydrogens (tertiary/aromatic N) is 1. The summed E-state index contributed by atoms with van der Waals surface area (Å²) < 4.78 is 5.75. The summed E-state index contributed by atoms with van der Waals surface area (Å²) in [5.74, 6) is 0. The normalized spacial score (nSPS) is 19.1. The monoisotopic (exact) mass is 228 g/mol. The SMILES string of the molecule is CCCC(CN)OCCCCN1CCCC1. The molecule has 1 rings (SSSR count). The van der Waals surface area contributed by atoms with Gasteiger partial charge in [0.1, 0.15) is 0 Å². The number of nitrogens with two attached hydrogens (primary N) is 1. The van der Waals surface area contributed by atoms with Gasteiger partial charge in [-0.1, -0.05) is 13.3 Å². The number of unbranched alkanes of at least 4 members (excludes halogenated alkanes) is 1. The third-order valence-corrected chi connectivity index (χ3v) is 3.29. The fraction of sp³-hybridized carbons (Fsp3) is 1.00. The molecule has 0 aromatic heterocycles. The maximum atomic E-state index is 5.75. The van der Waals surface area contributed by atoms with Crippen molar-refractivity contribution in [1.82, 2.24) is 4.90 Å². The van der Waals surface area contributed by atoms with Gasteiger partial charge in [-0.15, -0.1) is 0 Å². The molecule has 0 aromatic rings. The first-order chi connectivity index (χ1) is 7.86. The van der Waals surface area contributed by atoms with Crippen molar-refractivity contribution >= 4 is 0 Å². The molecule has 0 amide bonds. The predicted molar refractivity (Wildman–Crippen MR) is 68.6 cm³/mol. The Labute approximate surface area is 100 Å². The fourth-order valence-electron chi connectivity index (χ4n) is 2.28. The van der Waals surface area contributed by atoms with Crippen molar-refractivity contribution in [2.75, 3.05) is 32.8 Å². The van der Waals surface area contributed by atoms with Crippen LogP contribution in [0.2, 0.25) is 0 Å². The van der Waals surface area contributed by atoms with E-state index in [4.69, 9.17) is 10.5 Å². The van der Waals surface area contributed by atoms with Gasteiger partial charge in [0.2, 0.25) is 0 Å². The second kappa shape index (κ2) is 8.97. The first kappa shape index (κ1) is 13.9. The van der Waals surface area contributed by atoms with Crippen LogP contribution in [0.15, 0.2) is 0 Å². The van der Waals surface area contributed by atoms with E-state index in [0.717, 1.165) is 19.4 Å². The van der Waals surface area contributed by atoms with E-state index >= 15 is 0 Å². The van der Waals surface area contributed by atoms with Crippen LogP contribution >= 0.6 is 0 Å². The average molecular weight is 228 g/mol. The van der Waals surface area contributed by atoms with Gasteiger partial charge in [-0.3, -0.25) is 0 Å². The summed E-state index contributed by atoms with van der Waals surface area (Å²) in [6.07, 6.45) is 7.78. The Hall–Kier alpha value is -0.120. The second-order valence-electron chi connectivity index (χ2n) is 4.77. The smallest absolute Gasteiger partial charge is 0.0697 e. The van der Waals surface area contributed by atoms with E-state index in [1.807, 2.05) is 0 Å². The van der Waals surface area contributed by atoms with Crippen LogP contribution in [0.4, 0.5) is 0 Å². The van der Waals surface area contributed by atoms with Crippen LogP contribution in [-0.2, 0) is 4.74 Å². The van der Waals surface area contributed by atoms with E-state index in [0.29, 0.717) is 6.54 Å². The van der Waals surface area contributed by atoms with Crippen molar-refractivity contribution in [2.24, 2.45) is 5.73 Å². The third kappa shape index (κ3) is 5.83. The molecule has 0 aliphatic carbocycles. The fourth-order valence-corrected chi connectivity index (χ4v) is 2.28. The average Bonchev–Trinajstić information content (AvgIpc) is 2.80. The molecule has 16 heavy (non-hydrogen) atoms. The van der Waals surface area contributed by atoms with Crippen LogP contribution in [0.25, 0.3) is 0 Å². The Morgan fingerprint density at radius 1 is 1.25 bits per heavy atom. The molecule has 3 nitrogen and oxygen atoms in total. The van der Waals surface area contributed by atoms with Gasteiger partial charge in [0, 0.05) is 13.2 Å². The van der Waals surface area contributed by atoms with Crippen LogP contribution in [0, 0.1) is 0 Å². The van der Waals surface area contributed by atoms with Crippen LogP contribution in [0.5, 0.6) is 0 Å². The molecule has 1 unspecified atom stereocenters. The van der Waals surface area contributed by atoms with Crippen LogP contribution < -0.4 is 5.73 Å². The number of hydrogen-bond donors (Lipinski definition) is 1. The van der Waals surface area contributed by atoms with Gasteiger partial charge < -0.3 is 15.4 Å². The lowest BCUT2D eigenvalue weighted by Gasteiger charge is -2.16. The lowest BCUT2D eigenvalue weighted by atomic mass is 10.2. The molecule has 2 N–H and O–H groups in total. The molecular weight excluding hydrogens is 200 g/mol. The Balaban J connectivity index is 1.89. The minimum atomic E-state index is 0.289. The van der Waals surface area contributed by atoms with Gasteiger partial charge in [-0.05, 0) is 51.7 Å². The molecule has 1 saturated heterocycles. The lowest BCUT2D eigenvalue weighted by molar-refractivity contribution is 0.0495. The van der Waals surface area contributed by atoms with Gasteiger partial charge in [-0.25, -0.2) is 0 Å². The number of likely N-dealkylation sites (tertiary alicyclic amines) is 1. The predicted octanol–water partition coefficient (Wildman–Crippen LogP) is 2.01. The van der Waals surface area contributed by atoms with Crippen molar-refractivity contribution in [3.8, 4) is 0 Å². The Kier molecular flexibility index (Phi) is 7.81. The molecule has 0 radical (unpaired) electrons. The highest BCUT2D eigenvalue weighted by molar-refractivity contribution is 4.65. The zero-order valence-corrected chi connectivity index (χ0v) is 10.8. The van der Waals surface area contributed by atoms with E-state index in [9.17, 15) is 0 Å². The molecule has 0 saturated carbocycles. The molecule has 0 spiro atoms. The second-order valence-corrected chi connectivity index (χ2v) is 4.77. The zero-order chi connectivity index (χ0) is 11.6. The largest absolute Gasteiger partial charge is 0.377 e. The summed E-state index contributed by atoms with van der Waals surface area (Å²) >= 11 is 0. The lowest BCUT2D eigenvalue weighted by Crippen LogP contribution is -2.24. The molecule has 1 fully saturated rings. The Morgan fingerprint density at radius 3 is 2.62 bits per heavy atom. The maximum Gasteiger partial charge on any atom is 0.0697 e. The summed E-state index contributed by atoms with van der Waals surface area (Å²) in [6.45, 7) is 7.60. The summed E-state index contributed by atoms with van der Waals surface area (Å²) in [6, 6.07) is 0. The first-order valence-corrected chi connectivity index (χ1v) is 6.90. The van der Waals surface area contributed by atoms with Crippen molar-refractivity contribution in [3.63, 3.8) is 0 Å². The molecule has 96 valence electrons. The standard InChI is InChI=1S/C13H28N2O/c1-2-7-13(12-14)16-11-6-5-10-15-8-3-4-9-15/h13H,2-12,14H2,1H3. The summed E-state index contributed by atoms with van der Waals surface area (Å²) in [5.41, 5.74) is 5.64. The van der Waals surface area contributed by atoms with Gasteiger partial charge in [0.15, 0.2) is 0 Å². The molecule has 3 heteroatoms. The van der Waals surface area contributed by atoms with Crippen molar-refractivity contribution in [1.29, 1.82) is 0 Å². The van der Waals surface area contributed by atoms with Gasteiger partial charge in [0.25, 0.3) is 0 Å². The highest BCUT2D eigenvalue weighted by atomic mass is 16.5. The van der Waals surface area contributed by atoms with E-state index in [-0.39, 0.29) is 6.10 Å². The first-order valence-electron chi connectivity index (χ1n) is 6.90. The number of rotatable bonds is 9. The highest BCUT2D eigenvalue weighted by Gasteiger charge is 2.10. The maximum absolute atomic E-state index is 5.75. The molecule has 0 aromatic carbocycles. The topological polar surface area (TPSA) is 38.5 Å². The quantitative estimate of drug-likeness (QED) is 0.614. The zero-order valence-electron chi connectivity index (χ0n) is 10.8. The van der Waals surface area contributed by atoms with E-state index in [2.05, 4.69) is 11.8 Å². The highest BCUT2D eigenvalue weighted by Crippen LogP contribution is 2.08. The number of hydrogen-bond acceptors (Lipinski definition) is 3. The van der Waals surface area contributed by atoms with Crippen molar-refractivity contribution in [3.05, 3.63) is 0 Å². The van der Waals surface area contributed by atoms with Gasteiger partial charge in [0.05, 0.1) is 6.10 Å². The minimum Gasteiger partial charge on any atom is -0.377 e. The summed E-state index contributed by atoms with van der Waals surface area (Å²) in [5, 5.41) is 0. The number of ether oxygens (including phenoxy) is 1. The molecule has 0 bridgehead atoms. The van der Waals surface area contributed by atoms with Crippen LogP contribution in [-0.4, -0.2) is 43.8 Å². The van der Waals surface area contributed by atoms with Gasteiger partial charge >= 0.3 is 0 Å². The van der Waals surface area contributed by atoms with E-state index in [1.165, 1.54) is 45.3 Å². The Morgan fingerprint density at radius 2 is 2.00 bits per heavy atom. The van der Waals surface area contributed by atoms with E-state index in [1.54, 1.807) is 0 Å². The van der Waals surface area contributed by atoms with E-state index < -0.39 is 0 Å².